The Morgan fingerprint density at radius 3 is 2.68 bits per heavy atom. The molecule has 1 aliphatic heterocycles. The van der Waals surface area contributed by atoms with Gasteiger partial charge in [0.05, 0.1) is 12.1 Å². The molecule has 5 nitrogen and oxygen atoms in total. The van der Waals surface area contributed by atoms with Gasteiger partial charge in [-0.2, -0.15) is 0 Å². The van der Waals surface area contributed by atoms with E-state index in [0.717, 1.165) is 49.7 Å². The zero-order valence-corrected chi connectivity index (χ0v) is 13.9. The van der Waals surface area contributed by atoms with Crippen LogP contribution in [-0.4, -0.2) is 47.0 Å². The first-order valence-corrected chi connectivity index (χ1v) is 8.45. The fourth-order valence-corrected chi connectivity index (χ4v) is 3.54. The lowest BCUT2D eigenvalue weighted by molar-refractivity contribution is -0.132. The Morgan fingerprint density at radius 2 is 2.09 bits per heavy atom. The number of aromatic nitrogens is 1. The van der Waals surface area contributed by atoms with E-state index >= 15 is 0 Å². The van der Waals surface area contributed by atoms with E-state index in [9.17, 15) is 4.79 Å². The minimum Gasteiger partial charge on any atom is -0.361 e. The Kier molecular flexibility index (Phi) is 4.59. The summed E-state index contributed by atoms with van der Waals surface area (Å²) in [5, 5.41) is 6.03. The lowest BCUT2D eigenvalue weighted by atomic mass is 10.1. The normalized spacial score (nSPS) is 16.2. The van der Waals surface area contributed by atoms with Crippen LogP contribution in [0.3, 0.4) is 0 Å². The van der Waals surface area contributed by atoms with E-state index in [0.29, 0.717) is 6.42 Å². The van der Waals surface area contributed by atoms with Crippen LogP contribution < -0.4 is 0 Å². The van der Waals surface area contributed by atoms with Gasteiger partial charge in [-0.15, -0.1) is 11.3 Å². The summed E-state index contributed by atoms with van der Waals surface area (Å²) in [5.74, 6) is 0.923. The van der Waals surface area contributed by atoms with Gasteiger partial charge in [-0.25, -0.2) is 0 Å². The second-order valence-electron chi connectivity index (χ2n) is 5.72. The van der Waals surface area contributed by atoms with Crippen LogP contribution in [0.25, 0.3) is 0 Å². The molecule has 1 aliphatic rings. The van der Waals surface area contributed by atoms with Gasteiger partial charge in [0.1, 0.15) is 5.76 Å². The van der Waals surface area contributed by atoms with E-state index < -0.39 is 0 Å². The molecule has 0 bridgehead atoms. The second kappa shape index (κ2) is 6.62. The lowest BCUT2D eigenvalue weighted by Gasteiger charge is -2.34. The number of rotatable bonds is 4. The van der Waals surface area contributed by atoms with Gasteiger partial charge >= 0.3 is 0 Å². The maximum absolute atomic E-state index is 12.4. The number of hydrogen-bond acceptors (Lipinski definition) is 5. The highest BCUT2D eigenvalue weighted by molar-refractivity contribution is 7.09. The monoisotopic (exact) mass is 319 g/mol. The first-order chi connectivity index (χ1) is 10.6. The van der Waals surface area contributed by atoms with Gasteiger partial charge in [0.15, 0.2) is 0 Å². The van der Waals surface area contributed by atoms with Crippen molar-refractivity contribution in [3.8, 4) is 0 Å². The lowest BCUT2D eigenvalue weighted by Crippen LogP contribution is -2.48. The van der Waals surface area contributed by atoms with E-state index in [-0.39, 0.29) is 5.91 Å². The van der Waals surface area contributed by atoms with Crippen LogP contribution in [0, 0.1) is 13.8 Å². The van der Waals surface area contributed by atoms with E-state index in [4.69, 9.17) is 4.52 Å². The Hall–Kier alpha value is -1.66. The minimum absolute atomic E-state index is 0.171. The van der Waals surface area contributed by atoms with Crippen molar-refractivity contribution in [3.05, 3.63) is 39.4 Å². The predicted octanol–water partition coefficient (Wildman–Crippen LogP) is 2.24. The fourth-order valence-electron chi connectivity index (χ4n) is 2.80. The fraction of sp³-hybridized carbons (Fsp3) is 0.500. The summed E-state index contributed by atoms with van der Waals surface area (Å²) in [5.41, 5.74) is 1.76. The smallest absolute Gasteiger partial charge is 0.227 e. The topological polar surface area (TPSA) is 49.6 Å². The van der Waals surface area contributed by atoms with Crippen LogP contribution in [0.2, 0.25) is 0 Å². The molecule has 0 unspecified atom stereocenters. The van der Waals surface area contributed by atoms with Crippen molar-refractivity contribution in [3.63, 3.8) is 0 Å². The van der Waals surface area contributed by atoms with Crippen LogP contribution in [0.4, 0.5) is 0 Å². The highest BCUT2D eigenvalue weighted by Crippen LogP contribution is 2.16. The Morgan fingerprint density at radius 1 is 1.32 bits per heavy atom. The average Bonchev–Trinajstić information content (AvgIpc) is 3.13. The average molecular weight is 319 g/mol. The van der Waals surface area contributed by atoms with Crippen LogP contribution in [0.1, 0.15) is 21.9 Å². The molecule has 3 rings (SSSR count). The van der Waals surface area contributed by atoms with Crippen molar-refractivity contribution < 1.29 is 9.32 Å². The summed E-state index contributed by atoms with van der Waals surface area (Å²) in [7, 11) is 0. The van der Waals surface area contributed by atoms with E-state index in [1.165, 1.54) is 4.88 Å². The number of carbonyl (C=O) groups is 1. The van der Waals surface area contributed by atoms with Crippen molar-refractivity contribution in [1.29, 1.82) is 0 Å². The van der Waals surface area contributed by atoms with Gasteiger partial charge in [-0.05, 0) is 25.3 Å². The summed E-state index contributed by atoms with van der Waals surface area (Å²) >= 11 is 1.79. The summed E-state index contributed by atoms with van der Waals surface area (Å²) in [6, 6.07) is 4.25. The molecule has 0 N–H and O–H groups in total. The third-order valence-electron chi connectivity index (χ3n) is 4.19. The van der Waals surface area contributed by atoms with Crippen molar-refractivity contribution in [2.75, 3.05) is 26.2 Å². The number of thiophene rings is 1. The molecule has 1 saturated heterocycles. The molecular weight excluding hydrogens is 298 g/mol. The molecule has 0 atom stereocenters. The molecule has 1 amide bonds. The second-order valence-corrected chi connectivity index (χ2v) is 6.75. The van der Waals surface area contributed by atoms with Crippen LogP contribution in [-0.2, 0) is 17.8 Å². The Labute approximate surface area is 134 Å². The van der Waals surface area contributed by atoms with Gasteiger partial charge in [0.25, 0.3) is 0 Å². The molecular formula is C16H21N3O2S. The third kappa shape index (κ3) is 3.39. The maximum Gasteiger partial charge on any atom is 0.227 e. The van der Waals surface area contributed by atoms with Gasteiger partial charge in [0.2, 0.25) is 5.91 Å². The van der Waals surface area contributed by atoms with Gasteiger partial charge in [0, 0.05) is 43.2 Å². The van der Waals surface area contributed by atoms with Gasteiger partial charge in [-0.1, -0.05) is 11.2 Å². The first kappa shape index (κ1) is 15.2. The molecule has 1 fully saturated rings. The van der Waals surface area contributed by atoms with Crippen LogP contribution >= 0.6 is 11.3 Å². The number of piperazine rings is 1. The molecule has 2 aromatic heterocycles. The summed E-state index contributed by atoms with van der Waals surface area (Å²) in [6.45, 7) is 8.21. The van der Waals surface area contributed by atoms with E-state index in [2.05, 4.69) is 27.6 Å². The highest BCUT2D eigenvalue weighted by Gasteiger charge is 2.23. The van der Waals surface area contributed by atoms with Crippen molar-refractivity contribution in [1.82, 2.24) is 15.0 Å². The number of aryl methyl sites for hydroxylation is 2. The summed E-state index contributed by atoms with van der Waals surface area (Å²) in [6.07, 6.45) is 0.395. The quantitative estimate of drug-likeness (QED) is 0.867. The van der Waals surface area contributed by atoms with Crippen LogP contribution in [0.5, 0.6) is 0 Å². The van der Waals surface area contributed by atoms with Gasteiger partial charge < -0.3 is 9.42 Å². The van der Waals surface area contributed by atoms with E-state index in [1.54, 1.807) is 11.3 Å². The minimum atomic E-state index is 0.171. The molecule has 0 saturated carbocycles. The highest BCUT2D eigenvalue weighted by atomic mass is 32.1. The summed E-state index contributed by atoms with van der Waals surface area (Å²) < 4.78 is 5.13. The van der Waals surface area contributed by atoms with Crippen molar-refractivity contribution in [2.45, 2.75) is 26.8 Å². The van der Waals surface area contributed by atoms with Crippen LogP contribution in [0.15, 0.2) is 22.0 Å². The zero-order valence-electron chi connectivity index (χ0n) is 13.0. The molecule has 0 aromatic carbocycles. The largest absolute Gasteiger partial charge is 0.361 e. The molecule has 118 valence electrons. The zero-order chi connectivity index (χ0) is 15.5. The standard InChI is InChI=1S/C16H21N3O2S/c1-12-15(13(2)21-17-12)10-16(20)19-7-5-18(6-8-19)11-14-4-3-9-22-14/h3-4,9H,5-8,10-11H2,1-2H3. The Bertz CT molecular complexity index is 608. The molecule has 0 spiro atoms. The van der Waals surface area contributed by atoms with Crippen molar-refractivity contribution >= 4 is 17.2 Å². The van der Waals surface area contributed by atoms with Gasteiger partial charge in [-0.3, -0.25) is 9.69 Å². The maximum atomic E-state index is 12.4. The third-order valence-corrected chi connectivity index (χ3v) is 5.05. The predicted molar refractivity (Wildman–Crippen MR) is 85.9 cm³/mol. The molecule has 6 heteroatoms. The van der Waals surface area contributed by atoms with Crippen molar-refractivity contribution in [2.24, 2.45) is 0 Å². The van der Waals surface area contributed by atoms with E-state index in [1.807, 2.05) is 18.7 Å². The molecule has 0 aliphatic carbocycles. The number of carbonyl (C=O) groups excluding carboxylic acids is 1. The number of amides is 1. The number of nitrogens with zero attached hydrogens (tertiary/aromatic N) is 3. The first-order valence-electron chi connectivity index (χ1n) is 7.58. The molecule has 2 aromatic rings. The summed E-state index contributed by atoms with van der Waals surface area (Å²) in [4.78, 5) is 18.2. The SMILES string of the molecule is Cc1noc(C)c1CC(=O)N1CCN(Cc2cccs2)CC1. The molecule has 22 heavy (non-hydrogen) atoms. The molecule has 3 heterocycles. The molecule has 0 radical (unpaired) electrons. The Balaban J connectivity index is 1.51. The number of hydrogen-bond donors (Lipinski definition) is 0.